The van der Waals surface area contributed by atoms with Gasteiger partial charge in [0, 0.05) is 37.7 Å². The average molecular weight is 314 g/mol. The molecule has 0 saturated carbocycles. The summed E-state index contributed by atoms with van der Waals surface area (Å²) in [4.78, 5) is 30.1. The Morgan fingerprint density at radius 1 is 1.35 bits per heavy atom. The molecule has 8 nitrogen and oxygen atoms in total. The van der Waals surface area contributed by atoms with Gasteiger partial charge in [0.2, 0.25) is 5.91 Å². The van der Waals surface area contributed by atoms with E-state index in [2.05, 4.69) is 19.9 Å². The molecule has 3 N–H and O–H groups in total. The molecule has 2 aliphatic heterocycles. The van der Waals surface area contributed by atoms with Gasteiger partial charge in [-0.3, -0.25) is 9.69 Å². The highest BCUT2D eigenvalue weighted by atomic mass is 16.5. The summed E-state index contributed by atoms with van der Waals surface area (Å²) in [7, 11) is 0. The Morgan fingerprint density at radius 2 is 2.17 bits per heavy atom. The molecule has 0 bridgehead atoms. The number of hydrogen-bond acceptors (Lipinski definition) is 6. The summed E-state index contributed by atoms with van der Waals surface area (Å²) in [5.41, 5.74) is 6.76. The SMILES string of the molecule is Nc1nc(-c2ncc[nH]2)nc2c1CC(=O)N2CC1CCOCC1. The predicted octanol–water partition coefficient (Wildman–Crippen LogP) is 0.765. The Hall–Kier alpha value is -2.48. The zero-order valence-electron chi connectivity index (χ0n) is 12.7. The number of amides is 1. The monoisotopic (exact) mass is 314 g/mol. The highest BCUT2D eigenvalue weighted by Gasteiger charge is 2.34. The number of nitrogens with two attached hydrogens (primary N) is 1. The van der Waals surface area contributed by atoms with Gasteiger partial charge < -0.3 is 15.5 Å². The van der Waals surface area contributed by atoms with Crippen LogP contribution in [0.4, 0.5) is 11.6 Å². The maximum atomic E-state index is 12.4. The van der Waals surface area contributed by atoms with Crippen molar-refractivity contribution in [3.8, 4) is 11.6 Å². The zero-order chi connectivity index (χ0) is 15.8. The molecule has 8 heteroatoms. The number of fused-ring (bicyclic) bond motifs is 1. The zero-order valence-corrected chi connectivity index (χ0v) is 12.7. The van der Waals surface area contributed by atoms with Gasteiger partial charge in [0.25, 0.3) is 0 Å². The molecule has 0 atom stereocenters. The molecule has 1 amide bonds. The third kappa shape index (κ3) is 2.55. The topological polar surface area (TPSA) is 110 Å². The molecule has 2 aliphatic rings. The number of hydrogen-bond donors (Lipinski definition) is 2. The number of ether oxygens (including phenoxy) is 1. The van der Waals surface area contributed by atoms with E-state index in [-0.39, 0.29) is 12.3 Å². The second kappa shape index (κ2) is 5.62. The number of carbonyl (C=O) groups excluding carboxylic acids is 1. The molecule has 0 radical (unpaired) electrons. The summed E-state index contributed by atoms with van der Waals surface area (Å²) in [5.74, 6) is 2.40. The Morgan fingerprint density at radius 3 is 2.91 bits per heavy atom. The number of aromatic amines is 1. The van der Waals surface area contributed by atoms with E-state index >= 15 is 0 Å². The van der Waals surface area contributed by atoms with E-state index in [1.807, 2.05) is 0 Å². The fourth-order valence-electron chi connectivity index (χ4n) is 3.12. The number of anilines is 2. The minimum atomic E-state index is 0.0316. The minimum Gasteiger partial charge on any atom is -0.383 e. The maximum Gasteiger partial charge on any atom is 0.232 e. The highest BCUT2D eigenvalue weighted by molar-refractivity contribution is 6.01. The molecule has 4 heterocycles. The van der Waals surface area contributed by atoms with Crippen molar-refractivity contribution in [1.82, 2.24) is 19.9 Å². The molecule has 0 unspecified atom stereocenters. The summed E-state index contributed by atoms with van der Waals surface area (Å²) in [6, 6.07) is 0. The highest BCUT2D eigenvalue weighted by Crippen LogP contribution is 2.33. The van der Waals surface area contributed by atoms with Crippen LogP contribution in [0, 0.1) is 5.92 Å². The molecule has 1 saturated heterocycles. The van der Waals surface area contributed by atoms with Gasteiger partial charge in [0.05, 0.1) is 6.42 Å². The first-order chi connectivity index (χ1) is 11.2. The average Bonchev–Trinajstić information content (AvgIpc) is 3.19. The molecule has 1 fully saturated rings. The van der Waals surface area contributed by atoms with Gasteiger partial charge in [-0.05, 0) is 18.8 Å². The molecule has 0 aliphatic carbocycles. The fraction of sp³-hybridized carbons (Fsp3) is 0.467. The number of nitrogens with one attached hydrogen (secondary N) is 1. The van der Waals surface area contributed by atoms with E-state index in [4.69, 9.17) is 10.5 Å². The van der Waals surface area contributed by atoms with Crippen LogP contribution in [0.3, 0.4) is 0 Å². The quantitative estimate of drug-likeness (QED) is 0.865. The van der Waals surface area contributed by atoms with Gasteiger partial charge in [-0.25, -0.2) is 15.0 Å². The second-order valence-corrected chi connectivity index (χ2v) is 5.91. The summed E-state index contributed by atoms with van der Waals surface area (Å²) in [6.07, 6.45) is 5.53. The van der Waals surface area contributed by atoms with Gasteiger partial charge >= 0.3 is 0 Å². The van der Waals surface area contributed by atoms with E-state index in [1.165, 1.54) is 0 Å². The first kappa shape index (κ1) is 14.1. The first-order valence-electron chi connectivity index (χ1n) is 7.76. The fourth-order valence-corrected chi connectivity index (χ4v) is 3.12. The normalized spacial score (nSPS) is 18.4. The van der Waals surface area contributed by atoms with E-state index in [0.29, 0.717) is 35.7 Å². The minimum absolute atomic E-state index is 0.0316. The third-order valence-electron chi connectivity index (χ3n) is 4.39. The summed E-state index contributed by atoms with van der Waals surface area (Å²) in [5, 5.41) is 0. The van der Waals surface area contributed by atoms with Crippen LogP contribution in [-0.2, 0) is 16.0 Å². The molecule has 2 aromatic rings. The lowest BCUT2D eigenvalue weighted by Crippen LogP contribution is -2.35. The second-order valence-electron chi connectivity index (χ2n) is 5.91. The molecule has 4 rings (SSSR count). The van der Waals surface area contributed by atoms with Crippen molar-refractivity contribution in [3.63, 3.8) is 0 Å². The van der Waals surface area contributed by atoms with Crippen LogP contribution in [-0.4, -0.2) is 45.6 Å². The number of aromatic nitrogens is 4. The van der Waals surface area contributed by atoms with E-state index in [1.54, 1.807) is 17.3 Å². The van der Waals surface area contributed by atoms with Crippen LogP contribution in [0.1, 0.15) is 18.4 Å². The molecular weight excluding hydrogens is 296 g/mol. The van der Waals surface area contributed by atoms with E-state index < -0.39 is 0 Å². The van der Waals surface area contributed by atoms with Crippen molar-refractivity contribution >= 4 is 17.5 Å². The Kier molecular flexibility index (Phi) is 3.45. The Balaban J connectivity index is 1.67. The van der Waals surface area contributed by atoms with Crippen molar-refractivity contribution in [2.75, 3.05) is 30.4 Å². The van der Waals surface area contributed by atoms with Crippen molar-refractivity contribution < 1.29 is 9.53 Å². The van der Waals surface area contributed by atoms with Crippen molar-refractivity contribution in [1.29, 1.82) is 0 Å². The molecule has 23 heavy (non-hydrogen) atoms. The molecule has 0 spiro atoms. The third-order valence-corrected chi connectivity index (χ3v) is 4.39. The first-order valence-corrected chi connectivity index (χ1v) is 7.76. The van der Waals surface area contributed by atoms with Crippen LogP contribution in [0.15, 0.2) is 12.4 Å². The standard InChI is InChI=1S/C15H18N6O2/c16-12-10-7-11(22)21(8-9-1-5-23-6-2-9)15(10)20-14(19-12)13-17-3-4-18-13/h3-4,9H,1-2,5-8H2,(H,17,18)(H2,16,19,20). The van der Waals surface area contributed by atoms with Crippen LogP contribution in [0.5, 0.6) is 0 Å². The van der Waals surface area contributed by atoms with E-state index in [0.717, 1.165) is 31.6 Å². The summed E-state index contributed by atoms with van der Waals surface area (Å²) >= 11 is 0. The van der Waals surface area contributed by atoms with Crippen LogP contribution < -0.4 is 10.6 Å². The lowest BCUT2D eigenvalue weighted by molar-refractivity contribution is -0.117. The smallest absolute Gasteiger partial charge is 0.232 e. The largest absolute Gasteiger partial charge is 0.383 e. The van der Waals surface area contributed by atoms with Crippen LogP contribution in [0.2, 0.25) is 0 Å². The number of H-pyrrole nitrogens is 1. The number of nitrogens with zero attached hydrogens (tertiary/aromatic N) is 4. The van der Waals surface area contributed by atoms with Gasteiger partial charge in [0.1, 0.15) is 11.6 Å². The maximum absolute atomic E-state index is 12.4. The number of carbonyl (C=O) groups is 1. The predicted molar refractivity (Wildman–Crippen MR) is 83.6 cm³/mol. The Labute approximate surface area is 133 Å². The Bertz CT molecular complexity index is 724. The van der Waals surface area contributed by atoms with Gasteiger partial charge in [-0.15, -0.1) is 0 Å². The van der Waals surface area contributed by atoms with Crippen LogP contribution >= 0.6 is 0 Å². The van der Waals surface area contributed by atoms with Gasteiger partial charge in [-0.1, -0.05) is 0 Å². The van der Waals surface area contributed by atoms with Gasteiger partial charge in [0.15, 0.2) is 11.6 Å². The molecule has 120 valence electrons. The van der Waals surface area contributed by atoms with E-state index in [9.17, 15) is 4.79 Å². The molecule has 2 aromatic heterocycles. The molecular formula is C15H18N6O2. The lowest BCUT2D eigenvalue weighted by atomic mass is 10.00. The molecule has 0 aromatic carbocycles. The number of imidazole rings is 1. The summed E-state index contributed by atoms with van der Waals surface area (Å²) < 4.78 is 5.39. The summed E-state index contributed by atoms with van der Waals surface area (Å²) in [6.45, 7) is 2.16. The van der Waals surface area contributed by atoms with Crippen molar-refractivity contribution in [2.45, 2.75) is 19.3 Å². The van der Waals surface area contributed by atoms with Crippen LogP contribution in [0.25, 0.3) is 11.6 Å². The van der Waals surface area contributed by atoms with Crippen molar-refractivity contribution in [3.05, 3.63) is 18.0 Å². The number of nitrogen functional groups attached to an aromatic ring is 1. The number of rotatable bonds is 3. The van der Waals surface area contributed by atoms with Crippen molar-refractivity contribution in [2.24, 2.45) is 5.92 Å². The lowest BCUT2D eigenvalue weighted by Gasteiger charge is -2.27. The van der Waals surface area contributed by atoms with Gasteiger partial charge in [-0.2, -0.15) is 0 Å².